The molecule has 1 aliphatic heterocycles. The molecular weight excluding hydrogens is 173 g/mol. The van der Waals surface area contributed by atoms with E-state index in [-0.39, 0.29) is 0 Å². The van der Waals surface area contributed by atoms with E-state index >= 15 is 0 Å². The van der Waals surface area contributed by atoms with Crippen molar-refractivity contribution in [1.29, 1.82) is 0 Å². The van der Waals surface area contributed by atoms with Crippen LogP contribution in [-0.2, 0) is 0 Å². The average molecular weight is 184 g/mol. The van der Waals surface area contributed by atoms with Crippen LogP contribution in [0.3, 0.4) is 0 Å². The summed E-state index contributed by atoms with van der Waals surface area (Å²) in [5.74, 6) is 0. The van der Waals surface area contributed by atoms with Crippen molar-refractivity contribution in [2.75, 3.05) is 18.5 Å². The standard InChI is InChI=1S/C4H11P3S/c1-2-6-3-4-7(6)8-5/h2-5H2,1H3. The zero-order chi connectivity index (χ0) is 5.98. The Morgan fingerprint density at radius 3 is 2.50 bits per heavy atom. The van der Waals surface area contributed by atoms with Crippen LogP contribution in [-0.4, -0.2) is 18.5 Å². The second-order valence-electron chi connectivity index (χ2n) is 1.73. The number of hydrogen-bond donors (Lipinski definition) is 0. The predicted molar refractivity (Wildman–Crippen MR) is 51.4 cm³/mol. The van der Waals surface area contributed by atoms with Gasteiger partial charge in [0, 0.05) is 0 Å². The van der Waals surface area contributed by atoms with Crippen molar-refractivity contribution in [1.82, 2.24) is 0 Å². The van der Waals surface area contributed by atoms with Gasteiger partial charge in [0.15, 0.2) is 0 Å². The van der Waals surface area contributed by atoms with Crippen LogP contribution in [0, 0.1) is 0 Å². The molecule has 0 nitrogen and oxygen atoms in total. The minimum atomic E-state index is 0.485. The maximum absolute atomic E-state index is 2.80. The Hall–Kier alpha value is 1.64. The molecule has 0 spiro atoms. The minimum absolute atomic E-state index is 0.485. The molecule has 0 aromatic carbocycles. The lowest BCUT2D eigenvalue weighted by molar-refractivity contribution is 1.42. The SMILES string of the molecule is CCP1CCP1SP. The summed E-state index contributed by atoms with van der Waals surface area (Å²) in [7, 11) is 3.35. The first-order valence-electron chi connectivity index (χ1n) is 2.77. The first-order chi connectivity index (χ1) is 3.88. The van der Waals surface area contributed by atoms with E-state index in [0.29, 0.717) is 14.4 Å². The second-order valence-corrected chi connectivity index (χ2v) is 13.0. The van der Waals surface area contributed by atoms with Gasteiger partial charge in [0.05, 0.1) is 0 Å². The zero-order valence-corrected chi connectivity index (χ0v) is 8.76. The fourth-order valence-electron chi connectivity index (χ4n) is 0.758. The molecule has 0 bridgehead atoms. The van der Waals surface area contributed by atoms with Crippen LogP contribution in [0.25, 0.3) is 0 Å². The van der Waals surface area contributed by atoms with Crippen molar-refractivity contribution in [3.05, 3.63) is 0 Å². The summed E-state index contributed by atoms with van der Waals surface area (Å²) in [6.45, 7) is 2.82. The molecule has 1 heterocycles. The highest BCUT2D eigenvalue weighted by atomic mass is 33.1. The molecule has 3 atom stereocenters. The molecule has 0 N–H and O–H groups in total. The highest BCUT2D eigenvalue weighted by Crippen LogP contribution is 2.84. The molecule has 8 heavy (non-hydrogen) atoms. The topological polar surface area (TPSA) is 0 Å². The molecule has 0 saturated carbocycles. The smallest absolute Gasteiger partial charge is 0.0148 e. The number of rotatable bonds is 2. The molecule has 0 radical (unpaired) electrons. The highest BCUT2D eigenvalue weighted by molar-refractivity contribution is 8.92. The van der Waals surface area contributed by atoms with Crippen LogP contribution in [0.4, 0.5) is 0 Å². The Labute approximate surface area is 59.7 Å². The first kappa shape index (κ1) is 7.74. The lowest BCUT2D eigenvalue weighted by atomic mass is 10.9. The molecule has 3 unspecified atom stereocenters. The zero-order valence-electron chi connectivity index (χ0n) is 5.00. The fourth-order valence-corrected chi connectivity index (χ4v) is 14.1. The van der Waals surface area contributed by atoms with Gasteiger partial charge in [-0.3, -0.25) is 0 Å². The number of hydrogen-bond acceptors (Lipinski definition) is 1. The molecule has 0 aromatic heterocycles. The summed E-state index contributed by atoms with van der Waals surface area (Å²) in [6, 6.07) is 0. The molecule has 0 aliphatic carbocycles. The third-order valence-electron chi connectivity index (χ3n) is 1.35. The van der Waals surface area contributed by atoms with E-state index in [1.807, 2.05) is 0 Å². The van der Waals surface area contributed by atoms with Crippen LogP contribution < -0.4 is 0 Å². The average Bonchev–Trinajstić information content (AvgIpc) is 1.66. The van der Waals surface area contributed by atoms with Crippen molar-refractivity contribution in [2.45, 2.75) is 6.92 Å². The minimum Gasteiger partial charge on any atom is -0.109 e. The maximum Gasteiger partial charge on any atom is -0.0148 e. The van der Waals surface area contributed by atoms with Crippen molar-refractivity contribution in [2.24, 2.45) is 0 Å². The van der Waals surface area contributed by atoms with Crippen molar-refractivity contribution < 1.29 is 0 Å². The third kappa shape index (κ3) is 1.57. The normalized spacial score (nSPS) is 36.8. The molecule has 48 valence electrons. The van der Waals surface area contributed by atoms with Crippen LogP contribution >= 0.6 is 33.9 Å². The van der Waals surface area contributed by atoms with E-state index in [0.717, 1.165) is 0 Å². The van der Waals surface area contributed by atoms with Gasteiger partial charge in [-0.1, -0.05) is 23.0 Å². The van der Waals surface area contributed by atoms with Crippen molar-refractivity contribution in [3.63, 3.8) is 0 Å². The Kier molecular flexibility index (Phi) is 3.60. The summed E-state index contributed by atoms with van der Waals surface area (Å²) in [5, 5.41) is 0. The van der Waals surface area contributed by atoms with Gasteiger partial charge in [-0.25, -0.2) is 0 Å². The molecular formula is C4H11P3S. The van der Waals surface area contributed by atoms with E-state index in [1.54, 1.807) is 12.3 Å². The van der Waals surface area contributed by atoms with E-state index in [1.165, 1.54) is 6.16 Å². The highest BCUT2D eigenvalue weighted by Gasteiger charge is 2.27. The molecule has 0 amide bonds. The van der Waals surface area contributed by atoms with E-state index in [2.05, 4.69) is 26.4 Å². The van der Waals surface area contributed by atoms with E-state index in [9.17, 15) is 0 Å². The summed E-state index contributed by atoms with van der Waals surface area (Å²) in [6.07, 6.45) is 4.59. The Balaban J connectivity index is 2.16. The lowest BCUT2D eigenvalue weighted by Crippen LogP contribution is -2.00. The summed E-state index contributed by atoms with van der Waals surface area (Å²) in [5.41, 5.74) is 0. The second kappa shape index (κ2) is 3.72. The molecule has 4 heteroatoms. The van der Waals surface area contributed by atoms with Gasteiger partial charge in [-0.2, -0.15) is 0 Å². The van der Waals surface area contributed by atoms with Gasteiger partial charge in [-0.15, -0.1) is 11.0 Å². The Morgan fingerprint density at radius 1 is 1.62 bits per heavy atom. The van der Waals surface area contributed by atoms with E-state index in [4.69, 9.17) is 0 Å². The van der Waals surface area contributed by atoms with Crippen molar-refractivity contribution >= 4 is 33.9 Å². The summed E-state index contributed by atoms with van der Waals surface area (Å²) >= 11 is 2.05. The van der Waals surface area contributed by atoms with Gasteiger partial charge < -0.3 is 0 Å². The summed E-state index contributed by atoms with van der Waals surface area (Å²) in [4.78, 5) is 0. The van der Waals surface area contributed by atoms with E-state index < -0.39 is 0 Å². The third-order valence-corrected chi connectivity index (χ3v) is 16.7. The fraction of sp³-hybridized carbons (Fsp3) is 1.00. The van der Waals surface area contributed by atoms with Gasteiger partial charge in [-0.05, 0) is 25.3 Å². The van der Waals surface area contributed by atoms with Crippen LogP contribution in [0.5, 0.6) is 0 Å². The molecule has 1 fully saturated rings. The maximum atomic E-state index is 2.80. The largest absolute Gasteiger partial charge is 0.109 e. The van der Waals surface area contributed by atoms with Crippen LogP contribution in [0.1, 0.15) is 6.92 Å². The molecule has 1 saturated heterocycles. The molecule has 0 aromatic rings. The van der Waals surface area contributed by atoms with Gasteiger partial charge in [0.2, 0.25) is 0 Å². The first-order valence-corrected chi connectivity index (χ1v) is 9.62. The molecule has 1 rings (SSSR count). The van der Waals surface area contributed by atoms with Crippen LogP contribution in [0.2, 0.25) is 0 Å². The van der Waals surface area contributed by atoms with Gasteiger partial charge in [0.25, 0.3) is 0 Å². The quantitative estimate of drug-likeness (QED) is 0.593. The monoisotopic (exact) mass is 184 g/mol. The van der Waals surface area contributed by atoms with Crippen LogP contribution in [0.15, 0.2) is 0 Å². The predicted octanol–water partition coefficient (Wildman–Crippen LogP) is 3.34. The summed E-state index contributed by atoms with van der Waals surface area (Å²) < 4.78 is 0. The van der Waals surface area contributed by atoms with Gasteiger partial charge >= 0.3 is 0 Å². The Morgan fingerprint density at radius 2 is 2.38 bits per heavy atom. The molecule has 1 aliphatic rings. The van der Waals surface area contributed by atoms with Crippen molar-refractivity contribution in [3.8, 4) is 0 Å². The lowest BCUT2D eigenvalue weighted by Gasteiger charge is -2.34. The van der Waals surface area contributed by atoms with Gasteiger partial charge in [0.1, 0.15) is 0 Å². The Bertz CT molecular complexity index is 63.7.